The fraction of sp³-hybridized carbons (Fsp3) is 0.0909. The van der Waals surface area contributed by atoms with E-state index in [-0.39, 0.29) is 0 Å². The van der Waals surface area contributed by atoms with Gasteiger partial charge >= 0.3 is 0 Å². The Kier molecular flexibility index (Phi) is 2.41. The number of nitrogens with two attached hydrogens (primary N) is 1. The zero-order valence-corrected chi connectivity index (χ0v) is 8.77. The second-order valence-electron chi connectivity index (χ2n) is 3.21. The van der Waals surface area contributed by atoms with Crippen molar-refractivity contribution >= 4 is 28.4 Å². The van der Waals surface area contributed by atoms with E-state index in [4.69, 9.17) is 5.73 Å². The first kappa shape index (κ1) is 9.09. The summed E-state index contributed by atoms with van der Waals surface area (Å²) in [7, 11) is 0. The van der Waals surface area contributed by atoms with Crippen molar-refractivity contribution in [2.24, 2.45) is 0 Å². The molecule has 0 spiro atoms. The number of hydrogen-bond acceptors (Lipinski definition) is 3. The minimum atomic E-state index is 0.824. The minimum absolute atomic E-state index is 0.824. The van der Waals surface area contributed by atoms with Gasteiger partial charge in [0.2, 0.25) is 0 Å². The van der Waals surface area contributed by atoms with Gasteiger partial charge in [0.15, 0.2) is 0 Å². The van der Waals surface area contributed by atoms with Gasteiger partial charge in [0.05, 0.1) is 0 Å². The highest BCUT2D eigenvalue weighted by Gasteiger charge is 1.97. The number of anilines is 3. The average Bonchev–Trinajstić information content (AvgIpc) is 2.64. The van der Waals surface area contributed by atoms with Crippen LogP contribution >= 0.6 is 11.3 Å². The third kappa shape index (κ3) is 1.88. The summed E-state index contributed by atoms with van der Waals surface area (Å²) in [6.07, 6.45) is 0. The number of hydrogen-bond donors (Lipinski definition) is 2. The zero-order chi connectivity index (χ0) is 9.97. The molecule has 0 fully saturated rings. The van der Waals surface area contributed by atoms with E-state index in [0.717, 1.165) is 22.6 Å². The Morgan fingerprint density at radius 2 is 2.07 bits per heavy atom. The molecule has 0 aliphatic heterocycles. The van der Waals surface area contributed by atoms with Crippen LogP contribution in [0.4, 0.5) is 17.1 Å². The molecule has 72 valence electrons. The first-order chi connectivity index (χ1) is 6.75. The Morgan fingerprint density at radius 1 is 1.21 bits per heavy atom. The molecule has 2 rings (SSSR count). The zero-order valence-electron chi connectivity index (χ0n) is 7.95. The second-order valence-corrected chi connectivity index (χ2v) is 3.99. The van der Waals surface area contributed by atoms with Gasteiger partial charge in [0, 0.05) is 22.4 Å². The minimum Gasteiger partial charge on any atom is -0.398 e. The number of thiophene rings is 1. The fourth-order valence-electron chi connectivity index (χ4n) is 1.22. The van der Waals surface area contributed by atoms with Crippen molar-refractivity contribution in [2.75, 3.05) is 11.1 Å². The molecule has 14 heavy (non-hydrogen) atoms. The molecule has 0 radical (unpaired) electrons. The predicted molar refractivity (Wildman–Crippen MR) is 63.2 cm³/mol. The highest BCUT2D eigenvalue weighted by molar-refractivity contribution is 7.08. The van der Waals surface area contributed by atoms with Crippen LogP contribution in [0.2, 0.25) is 0 Å². The van der Waals surface area contributed by atoms with Gasteiger partial charge in [-0.25, -0.2) is 0 Å². The van der Waals surface area contributed by atoms with Crippen LogP contribution in [0.3, 0.4) is 0 Å². The predicted octanol–water partition coefficient (Wildman–Crippen LogP) is 3.38. The van der Waals surface area contributed by atoms with E-state index in [0.29, 0.717) is 0 Å². The van der Waals surface area contributed by atoms with Gasteiger partial charge in [-0.1, -0.05) is 6.07 Å². The van der Waals surface area contributed by atoms with E-state index < -0.39 is 0 Å². The lowest BCUT2D eigenvalue weighted by atomic mass is 10.2. The number of nitrogens with one attached hydrogen (secondary N) is 1. The van der Waals surface area contributed by atoms with Gasteiger partial charge in [-0.2, -0.15) is 11.3 Å². The lowest BCUT2D eigenvalue weighted by Gasteiger charge is -2.06. The van der Waals surface area contributed by atoms with Crippen molar-refractivity contribution in [1.29, 1.82) is 0 Å². The Labute approximate surface area is 87.4 Å². The summed E-state index contributed by atoms with van der Waals surface area (Å²) in [5.74, 6) is 0. The Morgan fingerprint density at radius 3 is 2.71 bits per heavy atom. The van der Waals surface area contributed by atoms with Crippen molar-refractivity contribution in [1.82, 2.24) is 0 Å². The molecule has 1 heterocycles. The highest BCUT2D eigenvalue weighted by Crippen LogP contribution is 2.22. The Bertz CT molecular complexity index is 421. The maximum Gasteiger partial charge on any atom is 0.0492 e. The number of rotatable bonds is 2. The molecule has 0 atom stereocenters. The Balaban J connectivity index is 2.22. The molecule has 1 aromatic carbocycles. The van der Waals surface area contributed by atoms with Crippen LogP contribution < -0.4 is 11.1 Å². The summed E-state index contributed by atoms with van der Waals surface area (Å²) >= 11 is 1.67. The van der Waals surface area contributed by atoms with Gasteiger partial charge in [-0.05, 0) is 36.1 Å². The third-order valence-electron chi connectivity index (χ3n) is 2.09. The van der Waals surface area contributed by atoms with Crippen molar-refractivity contribution in [3.8, 4) is 0 Å². The van der Waals surface area contributed by atoms with E-state index in [1.165, 1.54) is 0 Å². The van der Waals surface area contributed by atoms with Crippen molar-refractivity contribution in [2.45, 2.75) is 6.92 Å². The molecule has 0 aliphatic carbocycles. The number of aryl methyl sites for hydroxylation is 1. The topological polar surface area (TPSA) is 38.0 Å². The molecule has 0 bridgehead atoms. The SMILES string of the molecule is Cc1ccc(Nc2ccsc2)cc1N. The highest BCUT2D eigenvalue weighted by atomic mass is 32.1. The van der Waals surface area contributed by atoms with Crippen molar-refractivity contribution < 1.29 is 0 Å². The van der Waals surface area contributed by atoms with E-state index >= 15 is 0 Å². The third-order valence-corrected chi connectivity index (χ3v) is 2.77. The van der Waals surface area contributed by atoms with E-state index in [1.54, 1.807) is 11.3 Å². The van der Waals surface area contributed by atoms with Gasteiger partial charge < -0.3 is 11.1 Å². The molecule has 0 saturated carbocycles. The quantitative estimate of drug-likeness (QED) is 0.736. The maximum atomic E-state index is 5.81. The van der Waals surface area contributed by atoms with Crippen LogP contribution in [-0.2, 0) is 0 Å². The fourth-order valence-corrected chi connectivity index (χ4v) is 1.81. The Hall–Kier alpha value is -1.48. The molecule has 2 aromatic rings. The molecule has 1 aromatic heterocycles. The average molecular weight is 204 g/mol. The summed E-state index contributed by atoms with van der Waals surface area (Å²) in [6.45, 7) is 2.00. The van der Waals surface area contributed by atoms with Crippen LogP contribution in [0, 0.1) is 6.92 Å². The van der Waals surface area contributed by atoms with Gasteiger partial charge in [-0.15, -0.1) is 0 Å². The molecular formula is C11H12N2S. The van der Waals surface area contributed by atoms with Crippen molar-refractivity contribution in [3.05, 3.63) is 40.6 Å². The summed E-state index contributed by atoms with van der Waals surface area (Å²) in [6, 6.07) is 8.04. The first-order valence-electron chi connectivity index (χ1n) is 4.41. The summed E-state index contributed by atoms with van der Waals surface area (Å²) < 4.78 is 0. The van der Waals surface area contributed by atoms with E-state index in [1.807, 2.05) is 36.6 Å². The smallest absolute Gasteiger partial charge is 0.0492 e. The number of benzene rings is 1. The van der Waals surface area contributed by atoms with Crippen LogP contribution in [0.5, 0.6) is 0 Å². The summed E-state index contributed by atoms with van der Waals surface area (Å²) in [5.41, 5.74) is 9.89. The van der Waals surface area contributed by atoms with E-state index in [2.05, 4.69) is 10.7 Å². The summed E-state index contributed by atoms with van der Waals surface area (Å²) in [5, 5.41) is 7.39. The lowest BCUT2D eigenvalue weighted by Crippen LogP contribution is -1.93. The molecular weight excluding hydrogens is 192 g/mol. The van der Waals surface area contributed by atoms with Gasteiger partial charge in [-0.3, -0.25) is 0 Å². The maximum absolute atomic E-state index is 5.81. The van der Waals surface area contributed by atoms with Crippen LogP contribution in [-0.4, -0.2) is 0 Å². The first-order valence-corrected chi connectivity index (χ1v) is 5.35. The lowest BCUT2D eigenvalue weighted by molar-refractivity contribution is 1.46. The van der Waals surface area contributed by atoms with Gasteiger partial charge in [0.25, 0.3) is 0 Å². The summed E-state index contributed by atoms with van der Waals surface area (Å²) in [4.78, 5) is 0. The van der Waals surface area contributed by atoms with Crippen LogP contribution in [0.15, 0.2) is 35.0 Å². The monoisotopic (exact) mass is 204 g/mol. The van der Waals surface area contributed by atoms with Crippen molar-refractivity contribution in [3.63, 3.8) is 0 Å². The molecule has 3 N–H and O–H groups in total. The normalized spacial score (nSPS) is 10.1. The van der Waals surface area contributed by atoms with Crippen LogP contribution in [0.1, 0.15) is 5.56 Å². The molecule has 3 heteroatoms. The van der Waals surface area contributed by atoms with Crippen LogP contribution in [0.25, 0.3) is 0 Å². The molecule has 0 amide bonds. The standard InChI is InChI=1S/C11H12N2S/c1-8-2-3-9(6-11(8)12)13-10-4-5-14-7-10/h2-7,13H,12H2,1H3. The second kappa shape index (κ2) is 3.72. The molecule has 0 saturated heterocycles. The number of nitrogen functional groups attached to an aromatic ring is 1. The van der Waals surface area contributed by atoms with Gasteiger partial charge in [0.1, 0.15) is 0 Å². The molecule has 0 aliphatic rings. The molecule has 2 nitrogen and oxygen atoms in total. The molecule has 0 unspecified atom stereocenters. The largest absolute Gasteiger partial charge is 0.398 e. The van der Waals surface area contributed by atoms with E-state index in [9.17, 15) is 0 Å².